The van der Waals surface area contributed by atoms with Crippen LogP contribution < -0.4 is 15.2 Å². The Kier molecular flexibility index (Phi) is 6.11. The van der Waals surface area contributed by atoms with Gasteiger partial charge >= 0.3 is 0 Å². The summed E-state index contributed by atoms with van der Waals surface area (Å²) in [6, 6.07) is 6.31. The van der Waals surface area contributed by atoms with Crippen molar-refractivity contribution in [2.45, 2.75) is 24.2 Å². The van der Waals surface area contributed by atoms with Gasteiger partial charge in [0, 0.05) is 6.54 Å². The van der Waals surface area contributed by atoms with Gasteiger partial charge in [0.25, 0.3) is 0 Å². The number of hydrogen-bond donors (Lipinski definition) is 2. The first kappa shape index (κ1) is 14.9. The summed E-state index contributed by atoms with van der Waals surface area (Å²) in [6.45, 7) is 1.08. The second kappa shape index (κ2) is 7.35. The van der Waals surface area contributed by atoms with Crippen LogP contribution in [-0.2, 0) is 10.0 Å². The molecule has 0 fully saturated rings. The fraction of sp³-hybridized carbons (Fsp3) is 0.500. The molecule has 0 spiro atoms. The average Bonchev–Trinajstić information content (AvgIpc) is 2.38. The third-order valence-electron chi connectivity index (χ3n) is 2.54. The maximum Gasteiger partial charge on any atom is 0.240 e. The summed E-state index contributed by atoms with van der Waals surface area (Å²) in [7, 11) is -1.87. The summed E-state index contributed by atoms with van der Waals surface area (Å²) in [4.78, 5) is 0.252. The van der Waals surface area contributed by atoms with Crippen LogP contribution in [0.1, 0.15) is 19.3 Å². The second-order valence-corrected chi connectivity index (χ2v) is 5.69. The van der Waals surface area contributed by atoms with Crippen molar-refractivity contribution in [3.8, 4) is 5.75 Å². The first-order valence-electron chi connectivity index (χ1n) is 5.94. The molecule has 0 aliphatic heterocycles. The van der Waals surface area contributed by atoms with Crippen molar-refractivity contribution in [1.29, 1.82) is 0 Å². The van der Waals surface area contributed by atoms with E-state index in [-0.39, 0.29) is 4.90 Å². The molecule has 18 heavy (non-hydrogen) atoms. The number of methoxy groups -OCH3 is 1. The lowest BCUT2D eigenvalue weighted by molar-refractivity contribution is 0.414. The molecule has 3 N–H and O–H groups in total. The molecule has 0 heterocycles. The van der Waals surface area contributed by atoms with Crippen molar-refractivity contribution in [2.75, 3.05) is 20.2 Å². The Hall–Kier alpha value is -1.11. The molecule has 1 aromatic rings. The summed E-state index contributed by atoms with van der Waals surface area (Å²) in [5.74, 6) is 0.636. The largest absolute Gasteiger partial charge is 0.497 e. The van der Waals surface area contributed by atoms with Crippen LogP contribution in [-0.4, -0.2) is 28.6 Å². The van der Waals surface area contributed by atoms with Gasteiger partial charge < -0.3 is 10.5 Å². The molecular formula is C12H20N2O3S. The Morgan fingerprint density at radius 3 is 2.39 bits per heavy atom. The number of hydrogen-bond acceptors (Lipinski definition) is 4. The van der Waals surface area contributed by atoms with Crippen LogP contribution in [0.15, 0.2) is 29.2 Å². The minimum Gasteiger partial charge on any atom is -0.497 e. The van der Waals surface area contributed by atoms with Crippen molar-refractivity contribution in [2.24, 2.45) is 5.73 Å². The molecule has 5 nitrogen and oxygen atoms in total. The van der Waals surface area contributed by atoms with Crippen molar-refractivity contribution >= 4 is 10.0 Å². The van der Waals surface area contributed by atoms with Gasteiger partial charge in [-0.3, -0.25) is 0 Å². The molecule has 102 valence electrons. The third-order valence-corrected chi connectivity index (χ3v) is 4.02. The number of unbranched alkanes of at least 4 members (excludes halogenated alkanes) is 2. The van der Waals surface area contributed by atoms with Crippen LogP contribution in [0.5, 0.6) is 5.75 Å². The second-order valence-electron chi connectivity index (χ2n) is 3.92. The quantitative estimate of drug-likeness (QED) is 0.694. The van der Waals surface area contributed by atoms with Crippen LogP contribution in [0.2, 0.25) is 0 Å². The zero-order chi connectivity index (χ0) is 13.4. The number of ether oxygens (including phenoxy) is 1. The van der Waals surface area contributed by atoms with Crippen LogP contribution in [0, 0.1) is 0 Å². The third kappa shape index (κ3) is 4.64. The predicted molar refractivity (Wildman–Crippen MR) is 71.1 cm³/mol. The Bertz CT molecular complexity index is 443. The molecule has 0 aromatic heterocycles. The zero-order valence-electron chi connectivity index (χ0n) is 10.6. The fourth-order valence-electron chi connectivity index (χ4n) is 1.49. The van der Waals surface area contributed by atoms with E-state index in [1.54, 1.807) is 19.2 Å². The highest BCUT2D eigenvalue weighted by Gasteiger charge is 2.12. The van der Waals surface area contributed by atoms with Gasteiger partial charge in [-0.15, -0.1) is 0 Å². The zero-order valence-corrected chi connectivity index (χ0v) is 11.4. The number of benzene rings is 1. The normalized spacial score (nSPS) is 11.4. The van der Waals surface area contributed by atoms with Gasteiger partial charge in [-0.05, 0) is 43.7 Å². The van der Waals surface area contributed by atoms with Crippen LogP contribution >= 0.6 is 0 Å². The van der Waals surface area contributed by atoms with Gasteiger partial charge in [0.15, 0.2) is 0 Å². The van der Waals surface area contributed by atoms with Crippen molar-refractivity contribution < 1.29 is 13.2 Å². The van der Waals surface area contributed by atoms with Crippen molar-refractivity contribution in [1.82, 2.24) is 4.72 Å². The lowest BCUT2D eigenvalue weighted by Crippen LogP contribution is -2.24. The number of nitrogens with one attached hydrogen (secondary N) is 1. The first-order chi connectivity index (χ1) is 8.60. The van der Waals surface area contributed by atoms with E-state index in [1.165, 1.54) is 12.1 Å². The molecule has 1 rings (SSSR count). The minimum atomic E-state index is -3.41. The Balaban J connectivity index is 2.51. The lowest BCUT2D eigenvalue weighted by atomic mass is 10.2. The summed E-state index contributed by atoms with van der Waals surface area (Å²) >= 11 is 0. The smallest absolute Gasteiger partial charge is 0.240 e. The molecule has 0 amide bonds. The van der Waals surface area contributed by atoms with E-state index in [0.29, 0.717) is 18.8 Å². The Morgan fingerprint density at radius 1 is 1.17 bits per heavy atom. The number of sulfonamides is 1. The summed E-state index contributed by atoms with van der Waals surface area (Å²) < 4.78 is 31.3. The molecule has 0 radical (unpaired) electrons. The molecule has 6 heteroatoms. The van der Waals surface area contributed by atoms with Crippen LogP contribution in [0.4, 0.5) is 0 Å². The van der Waals surface area contributed by atoms with Gasteiger partial charge in [-0.25, -0.2) is 13.1 Å². The molecule has 0 aliphatic carbocycles. The van der Waals surface area contributed by atoms with E-state index >= 15 is 0 Å². The molecular weight excluding hydrogens is 252 g/mol. The van der Waals surface area contributed by atoms with E-state index in [0.717, 1.165) is 19.3 Å². The van der Waals surface area contributed by atoms with E-state index in [1.807, 2.05) is 0 Å². The van der Waals surface area contributed by atoms with Gasteiger partial charge in [-0.2, -0.15) is 0 Å². The maximum atomic E-state index is 11.9. The maximum absolute atomic E-state index is 11.9. The SMILES string of the molecule is COc1ccc(S(=O)(=O)NCCCCCN)cc1. The molecule has 0 bridgehead atoms. The van der Waals surface area contributed by atoms with Crippen molar-refractivity contribution in [3.63, 3.8) is 0 Å². The highest BCUT2D eigenvalue weighted by Crippen LogP contribution is 2.15. The molecule has 1 aromatic carbocycles. The summed E-state index contributed by atoms with van der Waals surface area (Å²) in [6.07, 6.45) is 2.65. The van der Waals surface area contributed by atoms with Gasteiger partial charge in [0.1, 0.15) is 5.75 Å². The minimum absolute atomic E-state index is 0.252. The highest BCUT2D eigenvalue weighted by atomic mass is 32.2. The van der Waals surface area contributed by atoms with E-state index in [2.05, 4.69) is 4.72 Å². The highest BCUT2D eigenvalue weighted by molar-refractivity contribution is 7.89. The van der Waals surface area contributed by atoms with E-state index in [9.17, 15) is 8.42 Å². The van der Waals surface area contributed by atoms with E-state index in [4.69, 9.17) is 10.5 Å². The average molecular weight is 272 g/mol. The Morgan fingerprint density at radius 2 is 1.83 bits per heavy atom. The first-order valence-corrected chi connectivity index (χ1v) is 7.42. The Labute approximate surface area is 108 Å². The molecule has 0 saturated heterocycles. The summed E-state index contributed by atoms with van der Waals surface area (Å²) in [5, 5.41) is 0. The number of nitrogens with two attached hydrogens (primary N) is 1. The molecule has 0 saturated carbocycles. The van der Waals surface area contributed by atoms with Crippen LogP contribution in [0.25, 0.3) is 0 Å². The standard InChI is InChI=1S/C12H20N2O3S/c1-17-11-5-7-12(8-6-11)18(15,16)14-10-4-2-3-9-13/h5-8,14H,2-4,9-10,13H2,1H3. The monoisotopic (exact) mass is 272 g/mol. The molecule has 0 atom stereocenters. The van der Waals surface area contributed by atoms with Crippen molar-refractivity contribution in [3.05, 3.63) is 24.3 Å². The van der Waals surface area contributed by atoms with Gasteiger partial charge in [-0.1, -0.05) is 6.42 Å². The predicted octanol–water partition coefficient (Wildman–Crippen LogP) is 1.10. The van der Waals surface area contributed by atoms with E-state index < -0.39 is 10.0 Å². The topological polar surface area (TPSA) is 81.4 Å². The molecule has 0 aliphatic rings. The number of rotatable bonds is 8. The molecule has 0 unspecified atom stereocenters. The fourth-order valence-corrected chi connectivity index (χ4v) is 2.56. The van der Waals surface area contributed by atoms with Gasteiger partial charge in [0.05, 0.1) is 12.0 Å². The summed E-state index contributed by atoms with van der Waals surface area (Å²) in [5.41, 5.74) is 5.36. The van der Waals surface area contributed by atoms with Crippen LogP contribution in [0.3, 0.4) is 0 Å². The van der Waals surface area contributed by atoms with Gasteiger partial charge in [0.2, 0.25) is 10.0 Å². The lowest BCUT2D eigenvalue weighted by Gasteiger charge is -2.07.